The number of H-pyrrole nitrogens is 2. The minimum atomic E-state index is -5.70. The van der Waals surface area contributed by atoms with E-state index in [2.05, 4.69) is 44.2 Å². The minimum Gasteiger partial charge on any atom is -0.778 e. The summed E-state index contributed by atoms with van der Waals surface area (Å²) in [4.78, 5) is 101. The number of phosphoric acid groups is 1. The normalized spacial score (nSPS) is 30.0. The van der Waals surface area contributed by atoms with Gasteiger partial charge in [0.2, 0.25) is 17.7 Å². The van der Waals surface area contributed by atoms with Crippen LogP contribution in [0.3, 0.4) is 0 Å². The Labute approximate surface area is 430 Å². The second-order valence-corrected chi connectivity index (χ2v) is 25.5. The number of imidazole rings is 3. The van der Waals surface area contributed by atoms with E-state index < -0.39 is 140 Å². The SMILES string of the molecule is COCC[C@H]1[C@@H](O)[C@H]([n+]2cn(C)c3c(=O)[nH]c(N)nc32)O[C@@H]1COP(=O)(O)OP(=O)(O)CP(=O)(O)OC[C@H]1O[C@@H](n2cnc3c(N)ncnc32)[C@H](OC)[C@@H]1P(=O)([O-])OC[C@H]1O[C@@H](n2cnc3c(=O)[nH]c(N)nc32)[C@H](O)[C@@H]1O. The van der Waals surface area contributed by atoms with Crippen LogP contribution in [-0.4, -0.2) is 179 Å². The zero-order valence-corrected chi connectivity index (χ0v) is 43.8. The Hall–Kier alpha value is -5.07. The van der Waals surface area contributed by atoms with Crippen LogP contribution in [-0.2, 0) is 66.9 Å². The quantitative estimate of drug-likeness (QED) is 0.0243. The maximum atomic E-state index is 14.4. The van der Waals surface area contributed by atoms with Gasteiger partial charge in [0.25, 0.3) is 17.1 Å². The number of hydrogen-bond acceptors (Lipinski definition) is 28. The van der Waals surface area contributed by atoms with E-state index in [1.165, 1.54) is 34.2 Å². The van der Waals surface area contributed by atoms with Crippen LogP contribution in [0.1, 0.15) is 25.1 Å². The van der Waals surface area contributed by atoms with E-state index in [4.69, 9.17) is 54.5 Å². The van der Waals surface area contributed by atoms with E-state index in [-0.39, 0.29) is 64.2 Å². The molecular weight excluding hydrogens is 1120 g/mol. The summed E-state index contributed by atoms with van der Waals surface area (Å²) in [5, 5.41) is 33.4. The van der Waals surface area contributed by atoms with Crippen molar-refractivity contribution in [3.63, 3.8) is 0 Å². The summed E-state index contributed by atoms with van der Waals surface area (Å²) in [6.07, 6.45) is -11.0. The molecule has 0 amide bonds. The highest BCUT2D eigenvalue weighted by Crippen LogP contribution is 2.67. The van der Waals surface area contributed by atoms with Crippen molar-refractivity contribution in [3.8, 4) is 0 Å². The van der Waals surface area contributed by atoms with Gasteiger partial charge in [-0.25, -0.2) is 33.4 Å². The number of aromatic nitrogens is 12. The van der Waals surface area contributed by atoms with Crippen molar-refractivity contribution in [2.45, 2.75) is 73.5 Å². The molecule has 4 unspecified atom stereocenters. The maximum Gasteiger partial charge on any atom is 0.479 e. The number of phosphoric ester groups is 1. The van der Waals surface area contributed by atoms with Gasteiger partial charge >= 0.3 is 28.7 Å². The number of aryl methyl sites for hydroxylation is 1. The third-order valence-corrected chi connectivity index (χ3v) is 20.4. The van der Waals surface area contributed by atoms with E-state index in [0.717, 1.165) is 30.7 Å². The smallest absolute Gasteiger partial charge is 0.479 e. The zero-order valence-electron chi connectivity index (χ0n) is 40.2. The lowest BCUT2D eigenvalue weighted by Gasteiger charge is -2.35. The number of nitrogens with one attached hydrogen (secondary N) is 2. The predicted octanol–water partition coefficient (Wildman–Crippen LogP) is -3.87. The van der Waals surface area contributed by atoms with Gasteiger partial charge in [-0.2, -0.15) is 4.98 Å². The number of nitrogen functional groups attached to an aromatic ring is 3. The van der Waals surface area contributed by atoms with Crippen LogP contribution in [0.5, 0.6) is 0 Å². The van der Waals surface area contributed by atoms with Crippen molar-refractivity contribution >= 4 is 81.8 Å². The summed E-state index contributed by atoms with van der Waals surface area (Å²) in [5.41, 5.74) is 13.8. The van der Waals surface area contributed by atoms with Crippen molar-refractivity contribution in [2.24, 2.45) is 13.0 Å². The average molecular weight is 1170 g/mol. The zero-order chi connectivity index (χ0) is 55.7. The number of aliphatic hydroxyl groups excluding tert-OH is 3. The molecule has 0 saturated carbocycles. The number of aliphatic hydroxyl groups is 3. The van der Waals surface area contributed by atoms with Gasteiger partial charge in [0, 0.05) is 26.7 Å². The molecular formula is C36H51N15O22P4. The number of rotatable bonds is 21. The molecule has 77 heavy (non-hydrogen) atoms. The molecule has 0 bridgehead atoms. The number of ether oxygens (including phenoxy) is 5. The van der Waals surface area contributed by atoms with Gasteiger partial charge in [-0.3, -0.25) is 46.9 Å². The summed E-state index contributed by atoms with van der Waals surface area (Å²) < 4.78 is 108. The molecule has 14 N–H and O–H groups in total. The first-order valence-corrected chi connectivity index (χ1v) is 29.2. The third kappa shape index (κ3) is 11.3. The van der Waals surface area contributed by atoms with Crippen LogP contribution in [0.15, 0.2) is 34.9 Å². The molecule has 0 aromatic carbocycles. The fourth-order valence-electron chi connectivity index (χ4n) is 9.35. The minimum absolute atomic E-state index is 0.00605. The number of nitrogens with two attached hydrogens (primary N) is 3. The van der Waals surface area contributed by atoms with Crippen LogP contribution in [0.25, 0.3) is 33.5 Å². The third-order valence-electron chi connectivity index (χ3n) is 12.8. The molecule has 0 radical (unpaired) electrons. The molecule has 3 fully saturated rings. The maximum absolute atomic E-state index is 14.4. The first-order valence-electron chi connectivity index (χ1n) is 22.6. The molecule has 3 aliphatic heterocycles. The van der Waals surface area contributed by atoms with Gasteiger partial charge < -0.3 is 89.4 Å². The van der Waals surface area contributed by atoms with Crippen LogP contribution >= 0.6 is 30.6 Å². The van der Waals surface area contributed by atoms with Crippen molar-refractivity contribution < 1.29 is 99.3 Å². The Kier molecular flexibility index (Phi) is 15.8. The molecule has 41 heteroatoms. The number of hydrogen-bond donors (Lipinski definition) is 11. The van der Waals surface area contributed by atoms with Crippen LogP contribution in [0.4, 0.5) is 17.7 Å². The Balaban J connectivity index is 0.890. The van der Waals surface area contributed by atoms with E-state index in [9.17, 15) is 62.7 Å². The van der Waals surface area contributed by atoms with Gasteiger partial charge in [-0.1, -0.05) is 4.98 Å². The van der Waals surface area contributed by atoms with E-state index in [1.54, 1.807) is 0 Å². The second-order valence-electron chi connectivity index (χ2n) is 17.8. The first-order chi connectivity index (χ1) is 36.2. The summed E-state index contributed by atoms with van der Waals surface area (Å²) in [6.45, 7) is -3.04. The molecule has 0 spiro atoms. The number of fused-ring (bicyclic) bond motifs is 3. The lowest BCUT2D eigenvalue weighted by molar-refractivity contribution is -0.745. The molecule has 16 atom stereocenters. The number of nitrogens with zero attached hydrogens (tertiary/aromatic N) is 10. The summed E-state index contributed by atoms with van der Waals surface area (Å²) in [6, 6.07) is 0. The number of aromatic amines is 2. The first kappa shape index (κ1) is 56.6. The Morgan fingerprint density at radius 3 is 2.13 bits per heavy atom. The van der Waals surface area contributed by atoms with Gasteiger partial charge in [-0.05, 0) is 6.42 Å². The predicted molar refractivity (Wildman–Crippen MR) is 253 cm³/mol. The molecule has 3 aliphatic rings. The molecule has 0 aliphatic carbocycles. The largest absolute Gasteiger partial charge is 0.778 e. The van der Waals surface area contributed by atoms with Crippen molar-refractivity contribution in [3.05, 3.63) is 46.0 Å². The highest BCUT2D eigenvalue weighted by molar-refractivity contribution is 7.74. The van der Waals surface area contributed by atoms with Crippen molar-refractivity contribution in [2.75, 3.05) is 63.8 Å². The Morgan fingerprint density at radius 2 is 1.42 bits per heavy atom. The van der Waals surface area contributed by atoms with Gasteiger partial charge in [0.15, 0.2) is 47.3 Å². The molecule has 422 valence electrons. The van der Waals surface area contributed by atoms with Crippen LogP contribution in [0, 0.1) is 5.92 Å². The Morgan fingerprint density at radius 1 is 0.766 bits per heavy atom. The molecule has 9 heterocycles. The molecule has 37 nitrogen and oxygen atoms in total. The van der Waals surface area contributed by atoms with E-state index in [1.807, 2.05) is 0 Å². The summed E-state index contributed by atoms with van der Waals surface area (Å²) in [5.74, 6) is -3.44. The summed E-state index contributed by atoms with van der Waals surface area (Å²) in [7, 11) is -18.4. The standard InChI is InChI=1S/C36H51N15O22P4/c1-48-12-51(29-20(48)31(56)47-36(39)45-29)32-21(52)14(4-5-65-2)15(70-32)6-69-77(63,64)73-75(59,60)13-74(57,58)67-8-17-25(24(66-3)34(72-17)49-10-42-18-26(37)40-9-41-27(18)49)76(61,62)68-7-16-22(53)23(54)33(71-16)50-11-43-19-28(50)44-35(38)46-30(19)55/h9-12,14-17,21-25,32-34,52-54H,4-8,13H2,1-3H3,(H11-,37,38,39,40,41,44,45,46,47,55,56,57,58,59,60,61,62,63,64)/t14-,15-,16-,17-,21-,22-,23-,24-,25-,32-,33-,34-/m1/s1. The fourth-order valence-corrected chi connectivity index (χ4v) is 16.1. The monoisotopic (exact) mass is 1170 g/mol. The molecule has 9 rings (SSSR count). The summed E-state index contributed by atoms with van der Waals surface area (Å²) >= 11 is 0. The highest BCUT2D eigenvalue weighted by atomic mass is 31.3. The van der Waals surface area contributed by atoms with Gasteiger partial charge in [-0.15, -0.1) is 0 Å². The Bertz CT molecular complexity index is 3510. The lowest BCUT2D eigenvalue weighted by atomic mass is 9.95. The fraction of sp³-hybridized carbons (Fsp3) is 0.583. The van der Waals surface area contributed by atoms with Crippen LogP contribution in [0.2, 0.25) is 0 Å². The van der Waals surface area contributed by atoms with Gasteiger partial charge in [0.1, 0.15) is 50.0 Å². The van der Waals surface area contributed by atoms with Crippen LogP contribution < -0.4 is 37.8 Å². The van der Waals surface area contributed by atoms with Crippen molar-refractivity contribution in [1.82, 2.24) is 53.6 Å². The van der Waals surface area contributed by atoms with E-state index in [0.29, 0.717) is 0 Å². The number of methoxy groups -OCH3 is 2. The number of anilines is 3. The topological polar surface area (TPSA) is 536 Å². The molecule has 3 saturated heterocycles. The van der Waals surface area contributed by atoms with Crippen molar-refractivity contribution in [1.29, 1.82) is 0 Å². The molecule has 6 aromatic rings. The lowest BCUT2D eigenvalue weighted by Crippen LogP contribution is -2.45. The van der Waals surface area contributed by atoms with Gasteiger partial charge in [0.05, 0.1) is 57.4 Å². The average Bonchev–Trinajstić information content (AvgIpc) is 4.20. The molecule has 6 aromatic heterocycles. The second kappa shape index (κ2) is 21.5. The van der Waals surface area contributed by atoms with E-state index >= 15 is 0 Å². The highest BCUT2D eigenvalue weighted by Gasteiger charge is 2.54.